The zero-order valence-electron chi connectivity index (χ0n) is 18.2. The minimum absolute atomic E-state index is 0.0870. The van der Waals surface area contributed by atoms with Crippen molar-refractivity contribution in [3.05, 3.63) is 42.0 Å². The number of ether oxygens (including phenoxy) is 1. The van der Waals surface area contributed by atoms with E-state index in [4.69, 9.17) is 4.74 Å². The van der Waals surface area contributed by atoms with Crippen LogP contribution in [0, 0.1) is 22.7 Å². The molecule has 2 aromatic carbocycles. The minimum atomic E-state index is -0.972. The number of fused-ring (bicyclic) bond motifs is 3. The second-order valence-corrected chi connectivity index (χ2v) is 8.98. The molecule has 6 nitrogen and oxygen atoms in total. The molecule has 2 heterocycles. The Morgan fingerprint density at radius 2 is 2.00 bits per heavy atom. The molecule has 4 atom stereocenters. The number of rotatable bonds is 6. The zero-order chi connectivity index (χ0) is 22.4. The molecule has 0 spiro atoms. The zero-order valence-corrected chi connectivity index (χ0v) is 18.2. The van der Waals surface area contributed by atoms with Crippen LogP contribution in [-0.2, 0) is 14.3 Å². The smallest absolute Gasteiger partial charge is 0.242 e. The number of benzene rings is 2. The van der Waals surface area contributed by atoms with Crippen LogP contribution in [0.25, 0.3) is 10.8 Å². The van der Waals surface area contributed by atoms with E-state index < -0.39 is 16.6 Å². The summed E-state index contributed by atoms with van der Waals surface area (Å²) >= 11 is 0. The highest BCUT2D eigenvalue weighted by Gasteiger charge is 2.73. The number of aliphatic hydroxyl groups excluding tert-OH is 1. The molecule has 2 saturated heterocycles. The quantitative estimate of drug-likeness (QED) is 0.715. The van der Waals surface area contributed by atoms with Crippen LogP contribution in [0.3, 0.4) is 0 Å². The number of hydrogen-bond acceptors (Lipinski definition) is 5. The fraction of sp³-hybridized carbons (Fsp3) is 0.480. The molecule has 2 unspecified atom stereocenters. The van der Waals surface area contributed by atoms with E-state index in [-0.39, 0.29) is 18.4 Å². The lowest BCUT2D eigenvalue weighted by atomic mass is 9.56. The van der Waals surface area contributed by atoms with Gasteiger partial charge in [-0.05, 0) is 38.3 Å². The van der Waals surface area contributed by atoms with Gasteiger partial charge in [0.15, 0.2) is 0 Å². The maximum Gasteiger partial charge on any atom is 0.242 e. The van der Waals surface area contributed by atoms with Gasteiger partial charge in [0, 0.05) is 29.7 Å². The number of nitriles is 1. The van der Waals surface area contributed by atoms with E-state index in [2.05, 4.69) is 13.0 Å². The number of carbonyl (C=O) groups excluding carboxylic acids is 2. The summed E-state index contributed by atoms with van der Waals surface area (Å²) in [6.45, 7) is 5.89. The van der Waals surface area contributed by atoms with E-state index in [9.17, 15) is 20.0 Å². The molecule has 2 aliphatic rings. The lowest BCUT2D eigenvalue weighted by Crippen LogP contribution is -2.58. The Labute approximate surface area is 182 Å². The van der Waals surface area contributed by atoms with Crippen LogP contribution in [0.2, 0.25) is 0 Å². The largest absolute Gasteiger partial charge is 0.396 e. The molecule has 0 radical (unpaired) electrons. The van der Waals surface area contributed by atoms with E-state index in [1.165, 1.54) is 4.90 Å². The molecule has 1 N–H and O–H groups in total. The third-order valence-electron chi connectivity index (χ3n) is 8.12. The highest BCUT2D eigenvalue weighted by Crippen LogP contribution is 2.66. The number of carbonyl (C=O) groups is 2. The number of anilines is 1. The first-order chi connectivity index (χ1) is 14.8. The molecule has 4 rings (SSSR count). The topological polar surface area (TPSA) is 90.6 Å². The number of aliphatic hydroxyl groups is 1. The van der Waals surface area contributed by atoms with Crippen molar-refractivity contribution in [1.82, 2.24) is 0 Å². The molecule has 0 aromatic heterocycles. The van der Waals surface area contributed by atoms with E-state index in [0.29, 0.717) is 41.3 Å². The van der Waals surface area contributed by atoms with Gasteiger partial charge >= 0.3 is 0 Å². The molecule has 2 fully saturated rings. The van der Waals surface area contributed by atoms with Crippen LogP contribution >= 0.6 is 0 Å². The molecule has 6 heteroatoms. The summed E-state index contributed by atoms with van der Waals surface area (Å²) < 4.78 is 6.57. The van der Waals surface area contributed by atoms with Crippen molar-refractivity contribution in [3.8, 4) is 6.07 Å². The predicted octanol–water partition coefficient (Wildman–Crippen LogP) is 3.94. The van der Waals surface area contributed by atoms with Crippen molar-refractivity contribution in [3.63, 3.8) is 0 Å². The fourth-order valence-electron chi connectivity index (χ4n) is 6.10. The fourth-order valence-corrected chi connectivity index (χ4v) is 6.10. The monoisotopic (exact) mass is 420 g/mol. The number of imide groups is 1. The normalized spacial score (nSPS) is 31.5. The summed E-state index contributed by atoms with van der Waals surface area (Å²) in [4.78, 5) is 27.6. The van der Waals surface area contributed by atoms with Crippen molar-refractivity contribution >= 4 is 28.8 Å². The first-order valence-electron chi connectivity index (χ1n) is 10.9. The summed E-state index contributed by atoms with van der Waals surface area (Å²) in [6, 6.07) is 12.7. The van der Waals surface area contributed by atoms with Gasteiger partial charge in [-0.1, -0.05) is 38.1 Å². The molecule has 162 valence electrons. The predicted molar refractivity (Wildman–Crippen MR) is 117 cm³/mol. The summed E-state index contributed by atoms with van der Waals surface area (Å²) in [6.07, 6.45) is 3.20. The van der Waals surface area contributed by atoms with Gasteiger partial charge in [-0.3, -0.25) is 14.5 Å². The highest BCUT2D eigenvalue weighted by molar-refractivity contribution is 6.15. The van der Waals surface area contributed by atoms with Gasteiger partial charge in [-0.2, -0.15) is 5.26 Å². The van der Waals surface area contributed by atoms with Gasteiger partial charge in [0.2, 0.25) is 12.3 Å². The average Bonchev–Trinajstić information content (AvgIpc) is 3.27. The lowest BCUT2D eigenvalue weighted by molar-refractivity contribution is -0.142. The first kappa shape index (κ1) is 21.5. The van der Waals surface area contributed by atoms with Crippen molar-refractivity contribution < 1.29 is 19.4 Å². The Morgan fingerprint density at radius 3 is 2.61 bits per heavy atom. The van der Waals surface area contributed by atoms with Crippen LogP contribution in [-0.4, -0.2) is 35.2 Å². The first-order valence-corrected chi connectivity index (χ1v) is 10.9. The minimum Gasteiger partial charge on any atom is -0.396 e. The van der Waals surface area contributed by atoms with Crippen molar-refractivity contribution in [2.24, 2.45) is 11.3 Å². The van der Waals surface area contributed by atoms with Crippen LogP contribution in [0.15, 0.2) is 36.4 Å². The second kappa shape index (κ2) is 7.44. The number of nitrogens with zero attached hydrogens (tertiary/aromatic N) is 2. The summed E-state index contributed by atoms with van der Waals surface area (Å²) in [7, 11) is 0. The van der Waals surface area contributed by atoms with Crippen molar-refractivity contribution in [2.75, 3.05) is 11.5 Å². The van der Waals surface area contributed by atoms with Gasteiger partial charge < -0.3 is 9.84 Å². The van der Waals surface area contributed by atoms with Crippen LogP contribution in [0.5, 0.6) is 0 Å². The Balaban J connectivity index is 1.86. The van der Waals surface area contributed by atoms with Crippen molar-refractivity contribution in [1.29, 1.82) is 5.26 Å². The molecule has 0 saturated carbocycles. The molecule has 2 bridgehead atoms. The van der Waals surface area contributed by atoms with Gasteiger partial charge in [0.1, 0.15) is 0 Å². The Kier molecular flexibility index (Phi) is 5.15. The van der Waals surface area contributed by atoms with Gasteiger partial charge in [-0.25, -0.2) is 0 Å². The van der Waals surface area contributed by atoms with Gasteiger partial charge in [0.05, 0.1) is 33.9 Å². The third kappa shape index (κ3) is 2.70. The maximum absolute atomic E-state index is 14.1. The standard InChI is InChI=1S/C25H28N2O4/c1-4-24-11-12-25(31-24,13-14-28)23(3,17(24)2)22(30)27(16-29)21-10-9-18(15-26)19-7-5-6-8-20(19)21/h5-10,16-17,28H,4,11-14H2,1-3H3/t17-,23-,24?,25?/m0/s1. The molecular formula is C25H28N2O4. The molecule has 31 heavy (non-hydrogen) atoms. The van der Waals surface area contributed by atoms with Crippen molar-refractivity contribution in [2.45, 2.75) is 57.7 Å². The lowest BCUT2D eigenvalue weighted by Gasteiger charge is -2.46. The Hall–Kier alpha value is -2.75. The summed E-state index contributed by atoms with van der Waals surface area (Å²) in [5, 5.41) is 20.6. The molecule has 2 amide bonds. The molecule has 2 aliphatic heterocycles. The number of hydrogen-bond donors (Lipinski definition) is 1. The van der Waals surface area contributed by atoms with E-state index >= 15 is 0 Å². The molecule has 0 aliphatic carbocycles. The van der Waals surface area contributed by atoms with E-state index in [0.717, 1.165) is 12.8 Å². The highest BCUT2D eigenvalue weighted by atomic mass is 16.5. The summed E-state index contributed by atoms with van der Waals surface area (Å²) in [5.41, 5.74) is -1.27. The molecule has 2 aromatic rings. The van der Waals surface area contributed by atoms with Crippen LogP contribution < -0.4 is 4.90 Å². The SMILES string of the molecule is CCC12CCC(CCO)(O1)[C@](C)(C(=O)N(C=O)c1ccc(C#N)c3ccccc13)[C@@H]2C. The molecular weight excluding hydrogens is 392 g/mol. The van der Waals surface area contributed by atoms with Crippen LogP contribution in [0.1, 0.15) is 52.0 Å². The summed E-state index contributed by atoms with van der Waals surface area (Å²) in [5.74, 6) is -0.446. The maximum atomic E-state index is 14.1. The Morgan fingerprint density at radius 1 is 1.29 bits per heavy atom. The Bertz CT molecular complexity index is 1090. The van der Waals surface area contributed by atoms with Crippen LogP contribution in [0.4, 0.5) is 5.69 Å². The number of amides is 2. The van der Waals surface area contributed by atoms with Gasteiger partial charge in [-0.15, -0.1) is 0 Å². The third-order valence-corrected chi connectivity index (χ3v) is 8.12. The second-order valence-electron chi connectivity index (χ2n) is 8.98. The van der Waals surface area contributed by atoms with E-state index in [1.54, 1.807) is 12.1 Å². The average molecular weight is 421 g/mol. The van der Waals surface area contributed by atoms with E-state index in [1.807, 2.05) is 38.1 Å². The van der Waals surface area contributed by atoms with Gasteiger partial charge in [0.25, 0.3) is 0 Å².